The van der Waals surface area contributed by atoms with Crippen molar-refractivity contribution in [3.8, 4) is 11.5 Å². The first kappa shape index (κ1) is 14.9. The maximum atomic E-state index is 11.6. The van der Waals surface area contributed by atoms with E-state index in [4.69, 9.17) is 4.74 Å². The maximum Gasteiger partial charge on any atom is 0.239 e. The van der Waals surface area contributed by atoms with Crippen LogP contribution in [0, 0.1) is 0 Å². The largest absolute Gasteiger partial charge is 0.455 e. The van der Waals surface area contributed by atoms with Crippen molar-refractivity contribution in [3.63, 3.8) is 0 Å². The molecule has 0 atom stereocenters. The van der Waals surface area contributed by atoms with Gasteiger partial charge in [0.05, 0.1) is 12.2 Å². The number of carbonyl (C=O) groups is 1. The highest BCUT2D eigenvalue weighted by atomic mass is 16.5. The predicted octanol–water partition coefficient (Wildman–Crippen LogP) is 3.42. The molecule has 0 aliphatic carbocycles. The molecule has 0 heterocycles. The van der Waals surface area contributed by atoms with Crippen LogP contribution < -0.4 is 15.4 Å². The lowest BCUT2D eigenvalue weighted by molar-refractivity contribution is -0.119. The second-order valence-electron chi connectivity index (χ2n) is 4.61. The number of anilines is 1. The number of para-hydroxylation sites is 3. The van der Waals surface area contributed by atoms with Crippen LogP contribution >= 0.6 is 0 Å². The fourth-order valence-electron chi connectivity index (χ4n) is 1.82. The van der Waals surface area contributed by atoms with E-state index >= 15 is 0 Å². The summed E-state index contributed by atoms with van der Waals surface area (Å²) in [5, 5.41) is 5.93. The smallest absolute Gasteiger partial charge is 0.239 e. The summed E-state index contributed by atoms with van der Waals surface area (Å²) < 4.78 is 5.83. The van der Waals surface area contributed by atoms with Crippen LogP contribution in [0.5, 0.6) is 11.5 Å². The summed E-state index contributed by atoms with van der Waals surface area (Å²) in [6.07, 6.45) is 0.930. The molecule has 0 bridgehead atoms. The van der Waals surface area contributed by atoms with Crippen molar-refractivity contribution in [2.75, 3.05) is 18.4 Å². The third-order valence-corrected chi connectivity index (χ3v) is 2.87. The van der Waals surface area contributed by atoms with Gasteiger partial charge in [-0.25, -0.2) is 0 Å². The molecular formula is C17H20N2O2. The third-order valence-electron chi connectivity index (χ3n) is 2.87. The lowest BCUT2D eigenvalue weighted by Gasteiger charge is -2.12. The van der Waals surface area contributed by atoms with Crippen molar-refractivity contribution in [3.05, 3.63) is 54.6 Å². The molecule has 2 rings (SSSR count). The lowest BCUT2D eigenvalue weighted by atomic mass is 10.3. The average molecular weight is 284 g/mol. The zero-order valence-electron chi connectivity index (χ0n) is 12.1. The fourth-order valence-corrected chi connectivity index (χ4v) is 1.82. The molecule has 21 heavy (non-hydrogen) atoms. The van der Waals surface area contributed by atoms with Crippen molar-refractivity contribution in [2.45, 2.75) is 13.3 Å². The molecule has 0 aliphatic heterocycles. The van der Waals surface area contributed by atoms with Crippen LogP contribution in [0.4, 0.5) is 5.69 Å². The minimum atomic E-state index is -0.0219. The first-order valence-electron chi connectivity index (χ1n) is 7.12. The lowest BCUT2D eigenvalue weighted by Crippen LogP contribution is -2.30. The van der Waals surface area contributed by atoms with Gasteiger partial charge in [0.15, 0.2) is 5.75 Å². The molecule has 0 aliphatic rings. The van der Waals surface area contributed by atoms with Gasteiger partial charge in [0.25, 0.3) is 0 Å². The van der Waals surface area contributed by atoms with Gasteiger partial charge in [0.1, 0.15) is 5.75 Å². The van der Waals surface area contributed by atoms with Crippen LogP contribution in [0.25, 0.3) is 0 Å². The molecule has 2 N–H and O–H groups in total. The van der Waals surface area contributed by atoms with Crippen LogP contribution in [-0.4, -0.2) is 19.0 Å². The zero-order valence-corrected chi connectivity index (χ0v) is 12.1. The van der Waals surface area contributed by atoms with E-state index in [9.17, 15) is 4.79 Å². The molecule has 0 fully saturated rings. The molecule has 1 amide bonds. The Balaban J connectivity index is 1.98. The van der Waals surface area contributed by atoms with Crippen molar-refractivity contribution >= 4 is 11.6 Å². The molecule has 0 unspecified atom stereocenters. The molecule has 0 saturated heterocycles. The Bertz CT molecular complexity index is 570. The fraction of sp³-hybridized carbons (Fsp3) is 0.235. The molecule has 0 radical (unpaired) electrons. The molecule has 0 aromatic heterocycles. The van der Waals surface area contributed by atoms with Gasteiger partial charge in [0.2, 0.25) is 5.91 Å². The number of rotatable bonds is 7. The summed E-state index contributed by atoms with van der Waals surface area (Å²) in [7, 11) is 0. The van der Waals surface area contributed by atoms with Gasteiger partial charge in [-0.05, 0) is 30.7 Å². The third kappa shape index (κ3) is 4.84. The Morgan fingerprint density at radius 1 is 1.05 bits per heavy atom. The monoisotopic (exact) mass is 284 g/mol. The van der Waals surface area contributed by atoms with Gasteiger partial charge < -0.3 is 15.4 Å². The summed E-state index contributed by atoms with van der Waals surface area (Å²) in [6.45, 7) is 2.95. The van der Waals surface area contributed by atoms with E-state index in [1.165, 1.54) is 0 Å². The van der Waals surface area contributed by atoms with E-state index in [-0.39, 0.29) is 12.5 Å². The van der Waals surface area contributed by atoms with Crippen molar-refractivity contribution in [1.82, 2.24) is 5.32 Å². The van der Waals surface area contributed by atoms with E-state index in [2.05, 4.69) is 10.6 Å². The maximum absolute atomic E-state index is 11.6. The van der Waals surface area contributed by atoms with Crippen LogP contribution in [0.3, 0.4) is 0 Å². The highest BCUT2D eigenvalue weighted by molar-refractivity contribution is 5.81. The van der Waals surface area contributed by atoms with Crippen LogP contribution in [0.1, 0.15) is 13.3 Å². The molecule has 0 spiro atoms. The summed E-state index contributed by atoms with van der Waals surface area (Å²) in [5.74, 6) is 1.44. The first-order valence-corrected chi connectivity index (χ1v) is 7.12. The summed E-state index contributed by atoms with van der Waals surface area (Å²) in [5.41, 5.74) is 0.799. The molecular weight excluding hydrogens is 264 g/mol. The number of hydrogen-bond acceptors (Lipinski definition) is 3. The van der Waals surface area contributed by atoms with Crippen molar-refractivity contribution in [2.24, 2.45) is 0 Å². The van der Waals surface area contributed by atoms with Crippen molar-refractivity contribution in [1.29, 1.82) is 0 Å². The topological polar surface area (TPSA) is 50.4 Å². The van der Waals surface area contributed by atoms with E-state index in [1.54, 1.807) is 0 Å². The minimum Gasteiger partial charge on any atom is -0.455 e. The quantitative estimate of drug-likeness (QED) is 0.819. The molecule has 0 saturated carbocycles. The molecule has 4 nitrogen and oxygen atoms in total. The molecule has 4 heteroatoms. The highest BCUT2D eigenvalue weighted by Gasteiger charge is 2.06. The number of ether oxygens (including phenoxy) is 1. The first-order chi connectivity index (χ1) is 10.3. The van der Waals surface area contributed by atoms with Gasteiger partial charge in [-0.15, -0.1) is 0 Å². The number of amides is 1. The highest BCUT2D eigenvalue weighted by Crippen LogP contribution is 2.28. The normalized spacial score (nSPS) is 9.95. The second-order valence-corrected chi connectivity index (χ2v) is 4.61. The van der Waals surface area contributed by atoms with E-state index in [1.807, 2.05) is 61.5 Å². The van der Waals surface area contributed by atoms with E-state index in [0.717, 1.165) is 17.9 Å². The minimum absolute atomic E-state index is 0.0219. The van der Waals surface area contributed by atoms with E-state index in [0.29, 0.717) is 12.3 Å². The standard InChI is InChI=1S/C17H20N2O2/c1-2-12-18-17(20)13-19-15-10-6-7-11-16(15)21-14-8-4-3-5-9-14/h3-11,19H,2,12-13H2,1H3,(H,18,20). The van der Waals surface area contributed by atoms with Gasteiger partial charge in [-0.1, -0.05) is 37.3 Å². The number of hydrogen-bond donors (Lipinski definition) is 2. The molecule has 2 aromatic rings. The number of nitrogens with one attached hydrogen (secondary N) is 2. The molecule has 110 valence electrons. The van der Waals surface area contributed by atoms with Crippen molar-refractivity contribution < 1.29 is 9.53 Å². The summed E-state index contributed by atoms with van der Waals surface area (Å²) >= 11 is 0. The van der Waals surface area contributed by atoms with Crippen LogP contribution in [0.15, 0.2) is 54.6 Å². The van der Waals surface area contributed by atoms with Crippen LogP contribution in [-0.2, 0) is 4.79 Å². The van der Waals surface area contributed by atoms with Gasteiger partial charge >= 0.3 is 0 Å². The SMILES string of the molecule is CCCNC(=O)CNc1ccccc1Oc1ccccc1. The number of carbonyl (C=O) groups excluding carboxylic acids is 1. The summed E-state index contributed by atoms with van der Waals surface area (Å²) in [4.78, 5) is 11.6. The average Bonchev–Trinajstić information content (AvgIpc) is 2.53. The zero-order chi connectivity index (χ0) is 14.9. The van der Waals surface area contributed by atoms with Gasteiger partial charge in [-0.2, -0.15) is 0 Å². The van der Waals surface area contributed by atoms with Gasteiger partial charge in [-0.3, -0.25) is 4.79 Å². The Hall–Kier alpha value is -2.49. The van der Waals surface area contributed by atoms with E-state index < -0.39 is 0 Å². The predicted molar refractivity (Wildman–Crippen MR) is 84.7 cm³/mol. The Labute approximate surface area is 125 Å². The Kier molecular flexibility index (Phi) is 5.64. The Morgan fingerprint density at radius 3 is 2.52 bits per heavy atom. The van der Waals surface area contributed by atoms with Gasteiger partial charge in [0, 0.05) is 6.54 Å². The summed E-state index contributed by atoms with van der Waals surface area (Å²) in [6, 6.07) is 17.1. The van der Waals surface area contributed by atoms with Crippen LogP contribution in [0.2, 0.25) is 0 Å². The Morgan fingerprint density at radius 2 is 1.76 bits per heavy atom. The second kappa shape index (κ2) is 7.94. The molecule has 2 aromatic carbocycles. The number of benzene rings is 2.